The van der Waals surface area contributed by atoms with Crippen LogP contribution >= 0.6 is 0 Å². The number of benzene rings is 7. The highest BCUT2D eigenvalue weighted by atomic mass is 28.4. The second-order valence-electron chi connectivity index (χ2n) is 38.8. The van der Waals surface area contributed by atoms with Gasteiger partial charge in [-0.15, -0.1) is 0 Å². The highest BCUT2D eigenvalue weighted by Crippen LogP contribution is 2.63. The summed E-state index contributed by atoms with van der Waals surface area (Å²) in [6, 6.07) is 53.9. The third-order valence-corrected chi connectivity index (χ3v) is 33.6. The van der Waals surface area contributed by atoms with Crippen molar-refractivity contribution >= 4 is 76.1 Å². The second-order valence-corrected chi connectivity index (χ2v) is 48.2. The first-order valence-electron chi connectivity index (χ1n) is 44.1. The van der Waals surface area contributed by atoms with Crippen LogP contribution in [-0.4, -0.2) is 158 Å². The van der Waals surface area contributed by atoms with Gasteiger partial charge >= 0.3 is 30.6 Å². The molecule has 1 saturated carbocycles. The number of aryl methyl sites for hydroxylation is 1. The number of hydrogen-bond donors (Lipinski definition) is 1. The van der Waals surface area contributed by atoms with E-state index in [1.54, 1.807) is 141 Å². The lowest BCUT2D eigenvalue weighted by molar-refractivity contribution is -0.158. The molecule has 133 heavy (non-hydrogen) atoms. The van der Waals surface area contributed by atoms with Gasteiger partial charge in [-0.05, 0) is 198 Å². The molecule has 9 aromatic rings. The Balaban J connectivity index is 0.000000198. The number of carbonyl (C=O) groups excluding carboxylic acids is 9. The molecular formula is C102H118N4O25Si2. The third-order valence-electron chi connectivity index (χ3n) is 24.7. The summed E-state index contributed by atoms with van der Waals surface area (Å²) in [5.41, 5.74) is -1.75. The first-order chi connectivity index (χ1) is 62.6. The Bertz CT molecular complexity index is 5810. The molecule has 0 amide bonds. The maximum atomic E-state index is 16.2. The number of carbonyl (C=O) groups is 9. The molecule has 1 N–H and O–H groups in total. The molecule has 0 saturated heterocycles. The van der Waals surface area contributed by atoms with Gasteiger partial charge in [0, 0.05) is 11.5 Å². The standard InChI is InChI=1S/C48H56N2O12Si.C34H40N2O8Si.C20H22O5/c1-27-30-23-18-24-31(58-45(55)60-46(2,3)4)33(30)38(51)34-32(27)39(59-44(54)57-26-29-21-16-13-17-22-29)36-37(50(8)9)40-35(43(49-61-40)56-25-28-19-14-12-15-20-28)42(53)48(36,41(34)52)62-63(10,11)47(5,6)7;1-33(2,3)45(6,7)44-34-25(37)19-18-24(42-32(39)41-21-23-16-12-9-13-17-23)27(34)28(36(4)5)29-26(30(34)38)31(35-43-29)40-20-22-14-10-8-11-15-22;1-5-14-10-9-13-16(24-19(22)25-20(2,3)4)17(14)18(21)23-15-11-7-6-8-12-15/h12-24,27,32,36-37,39,51H,25-26H2,1-11H3;8-19,24,27-28H,20-21H2,1-7H3;6-13H,5H2,1-4H3/t27-,32+,36+,37-,39-,48-;24-,27-,28-,34+;/m00./s1. The third kappa shape index (κ3) is 21.5. The first-order valence-corrected chi connectivity index (χ1v) is 49.9. The van der Waals surface area contributed by atoms with E-state index in [-0.39, 0.29) is 94.1 Å². The molecule has 0 unspecified atom stereocenters. The number of hydrogen-bond acceptors (Lipinski definition) is 29. The van der Waals surface area contributed by atoms with Gasteiger partial charge in [0.25, 0.3) is 11.8 Å². The molecule has 2 aromatic heterocycles. The van der Waals surface area contributed by atoms with Crippen LogP contribution < -0.4 is 23.7 Å². The number of esters is 1. The van der Waals surface area contributed by atoms with Crippen LogP contribution in [0.3, 0.4) is 0 Å². The van der Waals surface area contributed by atoms with Gasteiger partial charge in [-0.2, -0.15) is 0 Å². The molecule has 0 radical (unpaired) electrons. The van der Waals surface area contributed by atoms with E-state index in [0.717, 1.165) is 22.3 Å². The normalized spacial score (nSPS) is 20.8. The molecule has 5 aliphatic carbocycles. The average molecular weight is 1860 g/mol. The van der Waals surface area contributed by atoms with Crippen molar-refractivity contribution in [3.05, 3.63) is 273 Å². The zero-order valence-corrected chi connectivity index (χ0v) is 81.2. The summed E-state index contributed by atoms with van der Waals surface area (Å²) in [6.07, 6.45) is -3.01. The van der Waals surface area contributed by atoms with Gasteiger partial charge in [-0.3, -0.25) is 29.0 Å². The highest BCUT2D eigenvalue weighted by Gasteiger charge is 2.74. The molecule has 31 heteroatoms. The largest absolute Gasteiger partial charge is 0.514 e. The van der Waals surface area contributed by atoms with Crippen molar-refractivity contribution < 1.29 is 118 Å². The quantitative estimate of drug-likeness (QED) is 0.0155. The summed E-state index contributed by atoms with van der Waals surface area (Å²) in [7, 11) is 1.05. The van der Waals surface area contributed by atoms with Gasteiger partial charge in [-0.1, -0.05) is 219 Å². The van der Waals surface area contributed by atoms with E-state index in [0.29, 0.717) is 23.3 Å². The fourth-order valence-electron chi connectivity index (χ4n) is 16.5. The summed E-state index contributed by atoms with van der Waals surface area (Å²) < 4.78 is 88.8. The molecular weight excluding hydrogens is 1740 g/mol. The van der Waals surface area contributed by atoms with Gasteiger partial charge < -0.3 is 75.1 Å². The lowest BCUT2D eigenvalue weighted by atomic mass is 9.53. The van der Waals surface area contributed by atoms with E-state index in [1.807, 2.05) is 202 Å². The van der Waals surface area contributed by atoms with E-state index >= 15 is 9.59 Å². The van der Waals surface area contributed by atoms with Crippen molar-refractivity contribution in [2.45, 2.75) is 219 Å². The van der Waals surface area contributed by atoms with E-state index in [1.165, 1.54) is 18.2 Å². The van der Waals surface area contributed by atoms with Crippen molar-refractivity contribution in [2.75, 3.05) is 28.2 Å². The fourth-order valence-corrected chi connectivity index (χ4v) is 19.4. The molecule has 704 valence electrons. The maximum absolute atomic E-state index is 16.2. The number of aromatic nitrogens is 2. The van der Waals surface area contributed by atoms with Gasteiger partial charge in [0.2, 0.25) is 17.3 Å². The van der Waals surface area contributed by atoms with Crippen LogP contribution in [0.25, 0.3) is 5.76 Å². The minimum Gasteiger partial charge on any atom is -0.507 e. The predicted molar refractivity (Wildman–Crippen MR) is 496 cm³/mol. The number of aliphatic hydroxyl groups excluding tert-OH is 1. The second kappa shape index (κ2) is 40.0. The minimum absolute atomic E-state index is 0.00424. The zero-order chi connectivity index (χ0) is 96.8. The van der Waals surface area contributed by atoms with Crippen molar-refractivity contribution in [3.63, 3.8) is 0 Å². The maximum Gasteiger partial charge on any atom is 0.514 e. The minimum atomic E-state index is -3.21. The van der Waals surface area contributed by atoms with Crippen molar-refractivity contribution in [1.82, 2.24) is 20.1 Å². The Labute approximate surface area is 776 Å². The van der Waals surface area contributed by atoms with E-state index in [9.17, 15) is 38.7 Å². The molecule has 7 aromatic carbocycles. The van der Waals surface area contributed by atoms with E-state index in [4.69, 9.17) is 70.0 Å². The summed E-state index contributed by atoms with van der Waals surface area (Å²) >= 11 is 0. The Morgan fingerprint density at radius 2 is 0.887 bits per heavy atom. The molecule has 0 spiro atoms. The topological polar surface area (TPSA) is 352 Å². The number of aliphatic hydroxyl groups is 1. The molecule has 0 aliphatic heterocycles. The Hall–Kier alpha value is -12.7. The first kappa shape index (κ1) is 99.4. The highest BCUT2D eigenvalue weighted by molar-refractivity contribution is 6.75. The number of fused-ring (bicyclic) bond motifs is 6. The van der Waals surface area contributed by atoms with E-state index in [2.05, 4.69) is 10.3 Å². The van der Waals surface area contributed by atoms with Crippen LogP contribution in [0, 0.1) is 17.8 Å². The zero-order valence-electron chi connectivity index (χ0n) is 79.2. The van der Waals surface area contributed by atoms with Crippen LogP contribution in [0.4, 0.5) is 19.2 Å². The van der Waals surface area contributed by atoms with Gasteiger partial charge in [-0.25, -0.2) is 24.0 Å². The van der Waals surface area contributed by atoms with Crippen LogP contribution in [0.15, 0.2) is 215 Å². The van der Waals surface area contributed by atoms with Crippen molar-refractivity contribution in [1.29, 1.82) is 0 Å². The summed E-state index contributed by atoms with van der Waals surface area (Å²) in [6.45, 7) is 33.8. The van der Waals surface area contributed by atoms with Crippen LogP contribution in [0.5, 0.6) is 29.0 Å². The lowest BCUT2D eigenvalue weighted by Gasteiger charge is -2.57. The summed E-state index contributed by atoms with van der Waals surface area (Å²) in [4.78, 5) is 130. The van der Waals surface area contributed by atoms with E-state index < -0.39 is 152 Å². The van der Waals surface area contributed by atoms with Crippen molar-refractivity contribution in [2.24, 2.45) is 17.8 Å². The molecule has 1 fully saturated rings. The predicted octanol–water partition coefficient (Wildman–Crippen LogP) is 20.8. The summed E-state index contributed by atoms with van der Waals surface area (Å²) in [5.74, 6) is -7.46. The van der Waals surface area contributed by atoms with Crippen molar-refractivity contribution in [3.8, 4) is 29.0 Å². The Morgan fingerprint density at radius 3 is 1.34 bits per heavy atom. The molecule has 0 bridgehead atoms. The number of para-hydroxylation sites is 1. The lowest BCUT2D eigenvalue weighted by Crippen LogP contribution is -2.72. The SMILES string of the molecule is CCc1cccc(OC(=O)OC(C)(C)C)c1C(=O)Oc1ccccc1.CN(C)[C@@H]1c2onc(OCc3ccccc3)c2C(=O)[C@@]2(O[Si](C)(C)C(C)(C)C)C(=O)C=C[C@H](OC(=O)OCc3ccccc3)[C@@H]12.C[C@H]1c2cccc(OC(=O)OC(C)(C)C)c2C(O)=C2C(=O)[C@]3(O[Si](C)(C)C(C)(C)C)C(=O)c4c(OCc5ccccc5)noc4[C@@H](N(C)C)[C@@H]3[C@@H](OC(=O)OCc3ccccc3)[C@@H]21. The summed E-state index contributed by atoms with van der Waals surface area (Å²) in [5, 5.41) is 20.1. The Morgan fingerprint density at radius 1 is 0.474 bits per heavy atom. The van der Waals surface area contributed by atoms with Gasteiger partial charge in [0.05, 0.1) is 29.5 Å². The fraction of sp³-hybridized carbons (Fsp3) is 0.402. The van der Waals surface area contributed by atoms with Gasteiger partial charge in [0.15, 0.2) is 45.1 Å². The monoisotopic (exact) mass is 1850 g/mol. The molecule has 5 aliphatic rings. The van der Waals surface area contributed by atoms with Crippen LogP contribution in [0.1, 0.15) is 196 Å². The van der Waals surface area contributed by atoms with Gasteiger partial charge in [0.1, 0.15) is 89.5 Å². The molecule has 2 heterocycles. The van der Waals surface area contributed by atoms with Crippen LogP contribution in [-0.2, 0) is 79.7 Å². The average Bonchev–Trinajstić information content (AvgIpc) is 1.63. The number of Topliss-reactive ketones (excluding diaryl/α,β-unsaturated/α-hetero) is 3. The number of nitrogens with zero attached hydrogens (tertiary/aromatic N) is 4. The Kier molecular flexibility index (Phi) is 29.9. The van der Waals surface area contributed by atoms with Crippen LogP contribution in [0.2, 0.25) is 36.3 Å². The number of rotatable bonds is 23. The number of ether oxygens (including phenoxy) is 11. The molecule has 14 rings (SSSR count). The molecule has 10 atom stereocenters. The molecule has 29 nitrogen and oxygen atoms in total. The smallest absolute Gasteiger partial charge is 0.507 e. The number of ketones is 4.